The Hall–Kier alpha value is -1.57. The zero-order valence-corrected chi connectivity index (χ0v) is 13.0. The van der Waals surface area contributed by atoms with Crippen LogP contribution in [0.25, 0.3) is 10.2 Å². The molecule has 0 saturated heterocycles. The van der Waals surface area contributed by atoms with Gasteiger partial charge < -0.3 is 0 Å². The Bertz CT molecular complexity index is 811. The highest BCUT2D eigenvalue weighted by Crippen LogP contribution is 2.31. The SMILES string of the molecule is Cc1nnsc1C(=O)Nc1nc2c(C)cc(Cl)cc2s1. The Morgan fingerprint density at radius 1 is 1.35 bits per heavy atom. The first kappa shape index (κ1) is 13.4. The van der Waals surface area contributed by atoms with Crippen molar-refractivity contribution in [3.63, 3.8) is 0 Å². The molecule has 0 aliphatic rings. The summed E-state index contributed by atoms with van der Waals surface area (Å²) in [5.41, 5.74) is 2.46. The number of hydrogen-bond acceptors (Lipinski definition) is 6. The molecule has 2 aromatic heterocycles. The standard InChI is InChI=1S/C12H9ClN4OS2/c1-5-3-7(13)4-8-9(5)14-12(19-8)15-11(18)10-6(2)16-17-20-10/h3-4H,1-2H3,(H,14,15,18). The maximum atomic E-state index is 12.1. The van der Waals surface area contributed by atoms with Crippen LogP contribution in [0.5, 0.6) is 0 Å². The first-order chi connectivity index (χ1) is 9.54. The second-order valence-corrected chi connectivity index (χ2v) is 6.45. The van der Waals surface area contributed by atoms with E-state index in [1.807, 2.05) is 19.1 Å². The van der Waals surface area contributed by atoms with Crippen molar-refractivity contribution in [1.82, 2.24) is 14.6 Å². The molecule has 0 spiro atoms. The van der Waals surface area contributed by atoms with Crippen molar-refractivity contribution in [2.75, 3.05) is 5.32 Å². The average molecular weight is 325 g/mol. The van der Waals surface area contributed by atoms with Crippen molar-refractivity contribution >= 4 is 55.7 Å². The molecule has 0 unspecified atom stereocenters. The summed E-state index contributed by atoms with van der Waals surface area (Å²) in [6.45, 7) is 3.69. The number of fused-ring (bicyclic) bond motifs is 1. The van der Waals surface area contributed by atoms with E-state index in [9.17, 15) is 4.79 Å². The summed E-state index contributed by atoms with van der Waals surface area (Å²) >= 11 is 8.48. The average Bonchev–Trinajstić information content (AvgIpc) is 2.95. The quantitative estimate of drug-likeness (QED) is 0.781. The number of nitrogens with one attached hydrogen (secondary N) is 1. The van der Waals surface area contributed by atoms with Gasteiger partial charge in [0.25, 0.3) is 5.91 Å². The lowest BCUT2D eigenvalue weighted by Gasteiger charge is -1.97. The number of benzene rings is 1. The number of aryl methyl sites for hydroxylation is 2. The smallest absolute Gasteiger partial charge is 0.271 e. The summed E-state index contributed by atoms with van der Waals surface area (Å²) in [5, 5.41) is 7.81. The molecule has 0 radical (unpaired) electrons. The lowest BCUT2D eigenvalue weighted by molar-refractivity contribution is 0.103. The van der Waals surface area contributed by atoms with Gasteiger partial charge in [-0.05, 0) is 43.1 Å². The van der Waals surface area contributed by atoms with Crippen molar-refractivity contribution in [3.8, 4) is 0 Å². The largest absolute Gasteiger partial charge is 0.297 e. The Labute approximate surface area is 127 Å². The Morgan fingerprint density at radius 2 is 2.15 bits per heavy atom. The van der Waals surface area contributed by atoms with Gasteiger partial charge in [-0.15, -0.1) is 5.10 Å². The number of carbonyl (C=O) groups is 1. The van der Waals surface area contributed by atoms with Crippen molar-refractivity contribution in [1.29, 1.82) is 0 Å². The molecule has 0 fully saturated rings. The molecule has 1 N–H and O–H groups in total. The normalized spacial score (nSPS) is 10.9. The highest BCUT2D eigenvalue weighted by Gasteiger charge is 2.16. The molecule has 5 nitrogen and oxygen atoms in total. The molecule has 0 aliphatic carbocycles. The summed E-state index contributed by atoms with van der Waals surface area (Å²) < 4.78 is 4.70. The molecule has 0 atom stereocenters. The first-order valence-corrected chi connectivity index (χ1v) is 7.68. The number of aromatic nitrogens is 3. The van der Waals surface area contributed by atoms with Crippen LogP contribution in [0.1, 0.15) is 20.9 Å². The van der Waals surface area contributed by atoms with Crippen molar-refractivity contribution < 1.29 is 4.79 Å². The molecule has 3 aromatic rings. The molecule has 0 saturated carbocycles. The van der Waals surface area contributed by atoms with E-state index >= 15 is 0 Å². The van der Waals surface area contributed by atoms with Gasteiger partial charge in [0.05, 0.1) is 15.9 Å². The van der Waals surface area contributed by atoms with Gasteiger partial charge in [0.15, 0.2) is 5.13 Å². The van der Waals surface area contributed by atoms with Crippen LogP contribution in [-0.2, 0) is 0 Å². The first-order valence-electron chi connectivity index (χ1n) is 5.71. The van der Waals surface area contributed by atoms with E-state index in [0.29, 0.717) is 20.7 Å². The van der Waals surface area contributed by atoms with Gasteiger partial charge in [-0.3, -0.25) is 10.1 Å². The monoisotopic (exact) mass is 324 g/mol. The molecular formula is C12H9ClN4OS2. The van der Waals surface area contributed by atoms with E-state index in [1.54, 1.807) is 6.92 Å². The second-order valence-electron chi connectivity index (χ2n) is 4.23. The zero-order chi connectivity index (χ0) is 14.3. The Kier molecular flexibility index (Phi) is 3.41. The molecule has 2 heterocycles. The summed E-state index contributed by atoms with van der Waals surface area (Å²) in [6.07, 6.45) is 0. The number of thiazole rings is 1. The molecular weight excluding hydrogens is 316 g/mol. The van der Waals surface area contributed by atoms with Crippen LogP contribution in [0.2, 0.25) is 5.02 Å². The molecule has 3 rings (SSSR count). The summed E-state index contributed by atoms with van der Waals surface area (Å²) in [7, 11) is 0. The van der Waals surface area contributed by atoms with Crippen LogP contribution >= 0.6 is 34.5 Å². The lowest BCUT2D eigenvalue weighted by atomic mass is 10.2. The van der Waals surface area contributed by atoms with E-state index in [4.69, 9.17) is 11.6 Å². The van der Waals surface area contributed by atoms with Crippen LogP contribution in [-0.4, -0.2) is 20.5 Å². The predicted octanol–water partition coefficient (Wildman–Crippen LogP) is 3.67. The third-order valence-electron chi connectivity index (χ3n) is 2.73. The minimum Gasteiger partial charge on any atom is -0.297 e. The van der Waals surface area contributed by atoms with Crippen LogP contribution in [0, 0.1) is 13.8 Å². The summed E-state index contributed by atoms with van der Waals surface area (Å²) in [5.74, 6) is -0.236. The third kappa shape index (κ3) is 2.39. The second kappa shape index (κ2) is 5.08. The Balaban J connectivity index is 1.94. The van der Waals surface area contributed by atoms with Crippen LogP contribution in [0.3, 0.4) is 0 Å². The lowest BCUT2D eigenvalue weighted by Crippen LogP contribution is -2.11. The summed E-state index contributed by atoms with van der Waals surface area (Å²) in [4.78, 5) is 17.0. The van der Waals surface area contributed by atoms with E-state index in [0.717, 1.165) is 27.3 Å². The summed E-state index contributed by atoms with van der Waals surface area (Å²) in [6, 6.07) is 3.70. The number of amides is 1. The van der Waals surface area contributed by atoms with Gasteiger partial charge in [0.2, 0.25) is 0 Å². The van der Waals surface area contributed by atoms with Gasteiger partial charge >= 0.3 is 0 Å². The molecule has 0 bridgehead atoms. The zero-order valence-electron chi connectivity index (χ0n) is 10.6. The predicted molar refractivity (Wildman–Crippen MR) is 82.0 cm³/mol. The van der Waals surface area contributed by atoms with Crippen LogP contribution < -0.4 is 5.32 Å². The van der Waals surface area contributed by atoms with Gasteiger partial charge in [-0.2, -0.15) is 0 Å². The van der Waals surface area contributed by atoms with E-state index in [-0.39, 0.29) is 5.91 Å². The molecule has 8 heteroatoms. The molecule has 1 amide bonds. The van der Waals surface area contributed by atoms with Crippen molar-refractivity contribution in [3.05, 3.63) is 33.3 Å². The minimum atomic E-state index is -0.236. The van der Waals surface area contributed by atoms with E-state index in [2.05, 4.69) is 19.9 Å². The highest BCUT2D eigenvalue weighted by atomic mass is 35.5. The van der Waals surface area contributed by atoms with Crippen LogP contribution in [0.4, 0.5) is 5.13 Å². The van der Waals surface area contributed by atoms with Gasteiger partial charge in [0, 0.05) is 5.02 Å². The maximum absolute atomic E-state index is 12.1. The minimum absolute atomic E-state index is 0.236. The fourth-order valence-electron chi connectivity index (χ4n) is 1.80. The number of nitrogens with zero attached hydrogens (tertiary/aromatic N) is 3. The third-order valence-corrected chi connectivity index (χ3v) is 4.69. The van der Waals surface area contributed by atoms with Gasteiger partial charge in [-0.25, -0.2) is 4.98 Å². The fourth-order valence-corrected chi connectivity index (χ4v) is 3.67. The number of rotatable bonds is 2. The number of halogens is 1. The fraction of sp³-hybridized carbons (Fsp3) is 0.167. The van der Waals surface area contributed by atoms with E-state index in [1.165, 1.54) is 11.3 Å². The maximum Gasteiger partial charge on any atom is 0.271 e. The van der Waals surface area contributed by atoms with Crippen molar-refractivity contribution in [2.45, 2.75) is 13.8 Å². The van der Waals surface area contributed by atoms with Gasteiger partial charge in [0.1, 0.15) is 4.88 Å². The van der Waals surface area contributed by atoms with Crippen LogP contribution in [0.15, 0.2) is 12.1 Å². The molecule has 102 valence electrons. The topological polar surface area (TPSA) is 67.8 Å². The van der Waals surface area contributed by atoms with Gasteiger partial charge in [-0.1, -0.05) is 27.4 Å². The molecule has 0 aliphatic heterocycles. The Morgan fingerprint density at radius 3 is 2.85 bits per heavy atom. The highest BCUT2D eigenvalue weighted by molar-refractivity contribution is 7.22. The molecule has 20 heavy (non-hydrogen) atoms. The molecule has 1 aromatic carbocycles. The number of hydrogen-bond donors (Lipinski definition) is 1. The van der Waals surface area contributed by atoms with Crippen molar-refractivity contribution in [2.24, 2.45) is 0 Å². The van der Waals surface area contributed by atoms with E-state index < -0.39 is 0 Å². The number of carbonyl (C=O) groups excluding carboxylic acids is 1. The number of anilines is 1.